The van der Waals surface area contributed by atoms with Crippen LogP contribution in [0.3, 0.4) is 0 Å². The van der Waals surface area contributed by atoms with Crippen LogP contribution < -0.4 is 11.4 Å². The summed E-state index contributed by atoms with van der Waals surface area (Å²) in [5.74, 6) is -0.172. The van der Waals surface area contributed by atoms with Gasteiger partial charge in [0.2, 0.25) is 0 Å². The molecule has 178 valence electrons. The molecule has 0 aromatic carbocycles. The lowest BCUT2D eigenvalue weighted by Gasteiger charge is -2.30. The molecule has 1 saturated heterocycles. The highest BCUT2D eigenvalue weighted by molar-refractivity contribution is 9.09. The molecule has 1 aliphatic rings. The largest absolute Gasteiger partial charge is 0.490 e. The average molecular weight is 578 g/mol. The van der Waals surface area contributed by atoms with Crippen molar-refractivity contribution >= 4 is 45.2 Å². The number of phosphoric acid groups is 3. The van der Waals surface area contributed by atoms with E-state index in [0.29, 0.717) is 4.57 Å². The molecule has 0 amide bonds. The fourth-order valence-corrected chi connectivity index (χ4v) is 6.12. The Morgan fingerprint density at radius 3 is 2.39 bits per heavy atom. The van der Waals surface area contributed by atoms with Gasteiger partial charge in [-0.25, -0.2) is 22.9 Å². The van der Waals surface area contributed by atoms with E-state index in [1.54, 1.807) is 0 Å². The number of alkyl halides is 2. The number of hydrogen-bond acceptors (Lipinski definition) is 11. The molecule has 2 heterocycles. The summed E-state index contributed by atoms with van der Waals surface area (Å²) in [7, 11) is -17.0. The number of aliphatic hydroxyl groups excluding tert-OH is 1. The molecule has 21 heteroatoms. The predicted octanol–water partition coefficient (Wildman–Crippen LogP) is -0.470. The number of halogens is 2. The Bertz CT molecular complexity index is 1020. The standard InChI is InChI=1S/C10H16BrFN3O13P3/c11-3-10(4-25-30(21,22)28-31(23,24)27-29(18,19)20)7(16)6(12)8(26-10)15-2-1-5(13)14-9(15)17/h1-2,6-8,16H,3-4H2,(H,21,22)(H,23,24)(H2,13,14,17)(H2,18,19,20)/t6-,7+,8-,10-/m1/s1. The number of rotatable bonds is 9. The number of aliphatic hydroxyl groups is 1. The van der Waals surface area contributed by atoms with Crippen LogP contribution in [0, 0.1) is 0 Å². The molecule has 0 spiro atoms. The van der Waals surface area contributed by atoms with Crippen LogP contribution in [-0.4, -0.2) is 64.0 Å². The summed E-state index contributed by atoms with van der Waals surface area (Å²) in [5.41, 5.74) is 2.18. The zero-order valence-electron chi connectivity index (χ0n) is 14.9. The molecule has 1 aromatic rings. The van der Waals surface area contributed by atoms with E-state index in [4.69, 9.17) is 25.2 Å². The number of aromatic nitrogens is 2. The maximum atomic E-state index is 14.7. The van der Waals surface area contributed by atoms with Crippen molar-refractivity contribution < 1.29 is 60.6 Å². The van der Waals surface area contributed by atoms with Gasteiger partial charge >= 0.3 is 29.2 Å². The van der Waals surface area contributed by atoms with Crippen molar-refractivity contribution in [2.24, 2.45) is 0 Å². The van der Waals surface area contributed by atoms with Crippen molar-refractivity contribution in [2.75, 3.05) is 17.7 Å². The van der Waals surface area contributed by atoms with E-state index in [-0.39, 0.29) is 5.82 Å². The molecule has 7 N–H and O–H groups in total. The van der Waals surface area contributed by atoms with Gasteiger partial charge in [0.05, 0.1) is 6.61 Å². The van der Waals surface area contributed by atoms with E-state index in [2.05, 4.69) is 34.1 Å². The molecule has 0 radical (unpaired) electrons. The minimum atomic E-state index is -5.78. The van der Waals surface area contributed by atoms with E-state index in [0.717, 1.165) is 12.3 Å². The van der Waals surface area contributed by atoms with Gasteiger partial charge < -0.3 is 35.2 Å². The molecule has 1 fully saturated rings. The second-order valence-electron chi connectivity index (χ2n) is 6.00. The van der Waals surface area contributed by atoms with Gasteiger partial charge in [0.15, 0.2) is 12.4 Å². The Balaban J connectivity index is 2.20. The van der Waals surface area contributed by atoms with Crippen LogP contribution in [0.25, 0.3) is 0 Å². The maximum Gasteiger partial charge on any atom is 0.490 e. The number of ether oxygens (including phenoxy) is 1. The quantitative estimate of drug-likeness (QED) is 0.160. The van der Waals surface area contributed by atoms with Gasteiger partial charge in [-0.1, -0.05) is 15.9 Å². The van der Waals surface area contributed by atoms with Crippen LogP contribution in [0.5, 0.6) is 0 Å². The lowest BCUT2D eigenvalue weighted by molar-refractivity contribution is -0.111. The molecule has 31 heavy (non-hydrogen) atoms. The highest BCUT2D eigenvalue weighted by Crippen LogP contribution is 2.66. The zero-order chi connectivity index (χ0) is 23.8. The van der Waals surface area contributed by atoms with Crippen LogP contribution in [0.1, 0.15) is 6.23 Å². The minimum Gasteiger partial charge on any atom is -0.387 e. The van der Waals surface area contributed by atoms with E-state index >= 15 is 0 Å². The summed E-state index contributed by atoms with van der Waals surface area (Å²) in [6, 6.07) is 1.14. The molecule has 1 aromatic heterocycles. The van der Waals surface area contributed by atoms with Crippen LogP contribution in [0.15, 0.2) is 17.1 Å². The number of anilines is 1. The third-order valence-electron chi connectivity index (χ3n) is 3.71. The number of nitrogen functional groups attached to an aromatic ring is 1. The van der Waals surface area contributed by atoms with Crippen molar-refractivity contribution in [3.63, 3.8) is 0 Å². The summed E-state index contributed by atoms with van der Waals surface area (Å²) < 4.78 is 66.1. The van der Waals surface area contributed by atoms with Crippen LogP contribution in [0.4, 0.5) is 10.2 Å². The Morgan fingerprint density at radius 1 is 1.26 bits per heavy atom. The van der Waals surface area contributed by atoms with Gasteiger partial charge in [-0.3, -0.25) is 9.09 Å². The van der Waals surface area contributed by atoms with Gasteiger partial charge in [0.25, 0.3) is 0 Å². The van der Waals surface area contributed by atoms with E-state index < -0.39 is 65.2 Å². The molecular weight excluding hydrogens is 562 g/mol. The van der Waals surface area contributed by atoms with Gasteiger partial charge in [0, 0.05) is 11.5 Å². The highest BCUT2D eigenvalue weighted by atomic mass is 79.9. The molecule has 0 aliphatic carbocycles. The predicted molar refractivity (Wildman–Crippen MR) is 100 cm³/mol. The topological polar surface area (TPSA) is 250 Å². The molecule has 2 unspecified atom stereocenters. The summed E-state index contributed by atoms with van der Waals surface area (Å²) >= 11 is 2.90. The summed E-state index contributed by atoms with van der Waals surface area (Å²) in [6.07, 6.45) is -5.07. The normalized spacial score (nSPS) is 30.6. The van der Waals surface area contributed by atoms with Gasteiger partial charge in [0.1, 0.15) is 17.5 Å². The molecular formula is C10H16BrFN3O13P3. The Morgan fingerprint density at radius 2 is 1.87 bits per heavy atom. The number of nitrogens with zero attached hydrogens (tertiary/aromatic N) is 2. The third-order valence-corrected chi connectivity index (χ3v) is 8.44. The second-order valence-corrected chi connectivity index (χ2v) is 11.0. The molecule has 1 aliphatic heterocycles. The Kier molecular flexibility index (Phi) is 8.04. The SMILES string of the molecule is Nc1ccn([C@@H]2O[C@](CBr)(COP(=O)(O)OP(=O)(O)OP(=O)(O)O)[C@@H](O)[C@H]2F)c(=O)n1. The van der Waals surface area contributed by atoms with Crippen molar-refractivity contribution in [1.82, 2.24) is 9.55 Å². The first-order valence-corrected chi connectivity index (χ1v) is 13.3. The molecule has 16 nitrogen and oxygen atoms in total. The fraction of sp³-hybridized carbons (Fsp3) is 0.600. The summed E-state index contributed by atoms with van der Waals surface area (Å²) in [5, 5.41) is 9.81. The lowest BCUT2D eigenvalue weighted by atomic mass is 9.99. The molecule has 2 rings (SSSR count). The van der Waals surface area contributed by atoms with Gasteiger partial charge in [-0.15, -0.1) is 0 Å². The minimum absolute atomic E-state index is 0.172. The molecule has 0 saturated carbocycles. The first-order chi connectivity index (χ1) is 14.0. The van der Waals surface area contributed by atoms with Crippen LogP contribution in [0.2, 0.25) is 0 Å². The first kappa shape index (κ1) is 26.7. The maximum absolute atomic E-state index is 14.7. The lowest BCUT2D eigenvalue weighted by Crippen LogP contribution is -2.47. The fourth-order valence-electron chi connectivity index (χ4n) is 2.41. The van der Waals surface area contributed by atoms with Crippen molar-refractivity contribution in [1.29, 1.82) is 0 Å². The number of hydrogen-bond donors (Lipinski definition) is 6. The average Bonchev–Trinajstić information content (AvgIpc) is 2.82. The Labute approximate surface area is 180 Å². The van der Waals surface area contributed by atoms with E-state index in [1.807, 2.05) is 0 Å². The van der Waals surface area contributed by atoms with Crippen molar-refractivity contribution in [3.8, 4) is 0 Å². The van der Waals surface area contributed by atoms with Crippen molar-refractivity contribution in [3.05, 3.63) is 22.7 Å². The number of phosphoric ester groups is 1. The van der Waals surface area contributed by atoms with E-state index in [1.165, 1.54) is 0 Å². The molecule has 0 bridgehead atoms. The second kappa shape index (κ2) is 9.35. The summed E-state index contributed by atoms with van der Waals surface area (Å²) in [6.45, 7) is -1.16. The summed E-state index contributed by atoms with van der Waals surface area (Å²) in [4.78, 5) is 51.0. The van der Waals surface area contributed by atoms with Gasteiger partial charge in [-0.2, -0.15) is 13.6 Å². The monoisotopic (exact) mass is 577 g/mol. The van der Waals surface area contributed by atoms with Crippen LogP contribution >= 0.6 is 39.4 Å². The molecule has 6 atom stereocenters. The number of nitrogens with two attached hydrogens (primary N) is 1. The van der Waals surface area contributed by atoms with Crippen molar-refractivity contribution in [2.45, 2.75) is 24.1 Å². The van der Waals surface area contributed by atoms with Gasteiger partial charge in [-0.05, 0) is 6.07 Å². The highest BCUT2D eigenvalue weighted by Gasteiger charge is 2.57. The first-order valence-electron chi connectivity index (χ1n) is 7.70. The zero-order valence-corrected chi connectivity index (χ0v) is 19.1. The smallest absolute Gasteiger partial charge is 0.387 e. The Hall–Kier alpha value is -0.580. The third kappa shape index (κ3) is 6.71. The van der Waals surface area contributed by atoms with Crippen LogP contribution in [-0.2, 0) is 31.6 Å². The van der Waals surface area contributed by atoms with E-state index in [9.17, 15) is 32.9 Å².